The number of aliphatic hydroxyl groups is 1. The first-order chi connectivity index (χ1) is 12.9. The second-order valence-corrected chi connectivity index (χ2v) is 8.74. The van der Waals surface area contributed by atoms with Crippen LogP contribution in [0.5, 0.6) is 0 Å². The Bertz CT molecular complexity index is 1160. The van der Waals surface area contributed by atoms with Gasteiger partial charge in [0.05, 0.1) is 16.7 Å². The first kappa shape index (κ1) is 18.0. The number of sulfonamides is 1. The van der Waals surface area contributed by atoms with Crippen molar-refractivity contribution in [2.24, 2.45) is 7.05 Å². The Kier molecular flexibility index (Phi) is 4.41. The summed E-state index contributed by atoms with van der Waals surface area (Å²) in [5.41, 5.74) is 1.32. The van der Waals surface area contributed by atoms with Gasteiger partial charge in [-0.2, -0.15) is 4.31 Å². The van der Waals surface area contributed by atoms with E-state index >= 15 is 0 Å². The highest BCUT2D eigenvalue weighted by atomic mass is 32.2. The molecule has 7 nitrogen and oxygen atoms in total. The third-order valence-corrected chi connectivity index (χ3v) is 7.11. The summed E-state index contributed by atoms with van der Waals surface area (Å²) in [7, 11) is -2.10. The highest BCUT2D eigenvalue weighted by Crippen LogP contribution is 2.31. The molecule has 142 valence electrons. The van der Waals surface area contributed by atoms with Crippen LogP contribution in [0.15, 0.2) is 52.3 Å². The Morgan fingerprint density at radius 1 is 1.15 bits per heavy atom. The normalized spacial score (nSPS) is 16.8. The molecule has 1 aliphatic heterocycles. The number of hydrogen-bond acceptors (Lipinski definition) is 4. The predicted molar refractivity (Wildman–Crippen MR) is 103 cm³/mol. The summed E-state index contributed by atoms with van der Waals surface area (Å²) in [4.78, 5) is 15.7. The van der Waals surface area contributed by atoms with E-state index in [1.807, 2.05) is 6.07 Å². The highest BCUT2D eigenvalue weighted by molar-refractivity contribution is 7.89. The fourth-order valence-electron chi connectivity index (χ4n) is 3.59. The molecule has 0 radical (unpaired) electrons. The summed E-state index contributed by atoms with van der Waals surface area (Å²) in [6.07, 6.45) is 2.09. The van der Waals surface area contributed by atoms with Gasteiger partial charge < -0.3 is 14.7 Å². The third-order valence-electron chi connectivity index (χ3n) is 5.16. The second-order valence-electron chi connectivity index (χ2n) is 6.83. The maximum atomic E-state index is 13.2. The summed E-state index contributed by atoms with van der Waals surface area (Å²) < 4.78 is 29.4. The fraction of sp³-hybridized carbons (Fsp3) is 0.316. The summed E-state index contributed by atoms with van der Waals surface area (Å²) in [6.45, 7) is 0.571. The van der Waals surface area contributed by atoms with Gasteiger partial charge in [0.25, 0.3) is 5.56 Å². The summed E-state index contributed by atoms with van der Waals surface area (Å²) in [5.74, 6) is 0. The molecule has 1 saturated heterocycles. The molecular weight excluding hydrogens is 366 g/mol. The van der Waals surface area contributed by atoms with E-state index in [1.54, 1.807) is 43.6 Å². The molecule has 2 N–H and O–H groups in total. The molecule has 0 aliphatic carbocycles. The number of H-pyrrole nitrogens is 1. The molecule has 27 heavy (non-hydrogen) atoms. The number of fused-ring (bicyclic) bond motifs is 1. The molecule has 0 spiro atoms. The van der Waals surface area contributed by atoms with E-state index in [2.05, 4.69) is 4.98 Å². The van der Waals surface area contributed by atoms with Gasteiger partial charge in [-0.15, -0.1) is 0 Å². The van der Waals surface area contributed by atoms with Crippen molar-refractivity contribution in [3.8, 4) is 11.3 Å². The van der Waals surface area contributed by atoms with Gasteiger partial charge in [0.2, 0.25) is 10.0 Å². The van der Waals surface area contributed by atoms with Crippen molar-refractivity contribution in [2.45, 2.75) is 23.8 Å². The topological polar surface area (TPSA) is 95.4 Å². The van der Waals surface area contributed by atoms with Gasteiger partial charge in [-0.05, 0) is 31.0 Å². The molecule has 1 aromatic carbocycles. The SMILES string of the molecule is Cn1c(-c2ccccc2S(=O)(=O)N2CCC(O)CC2)cc2cc[nH]c2c1=O. The van der Waals surface area contributed by atoms with E-state index in [9.17, 15) is 18.3 Å². The van der Waals surface area contributed by atoms with E-state index in [0.717, 1.165) is 5.39 Å². The third kappa shape index (κ3) is 2.99. The van der Waals surface area contributed by atoms with Crippen LogP contribution in [0.25, 0.3) is 22.2 Å². The van der Waals surface area contributed by atoms with Gasteiger partial charge in [0.1, 0.15) is 5.52 Å². The zero-order valence-corrected chi connectivity index (χ0v) is 15.7. The minimum absolute atomic E-state index is 0.172. The molecule has 8 heteroatoms. The van der Waals surface area contributed by atoms with E-state index in [1.165, 1.54) is 8.87 Å². The number of nitrogens with one attached hydrogen (secondary N) is 1. The van der Waals surface area contributed by atoms with Crippen molar-refractivity contribution in [2.75, 3.05) is 13.1 Å². The second kappa shape index (κ2) is 6.63. The number of benzene rings is 1. The summed E-state index contributed by atoms with van der Waals surface area (Å²) in [5, 5.41) is 10.4. The lowest BCUT2D eigenvalue weighted by molar-refractivity contribution is 0.113. The predicted octanol–water partition coefficient (Wildman–Crippen LogP) is 1.68. The Morgan fingerprint density at radius 2 is 1.85 bits per heavy atom. The maximum Gasteiger partial charge on any atom is 0.275 e. The molecule has 3 aromatic rings. The van der Waals surface area contributed by atoms with Crippen molar-refractivity contribution in [3.05, 3.63) is 52.9 Å². The first-order valence-corrected chi connectivity index (χ1v) is 10.3. The smallest absolute Gasteiger partial charge is 0.275 e. The zero-order chi connectivity index (χ0) is 19.2. The standard InChI is InChI=1S/C19H21N3O4S/c1-21-16(12-13-6-9-20-18(13)19(21)24)15-4-2-3-5-17(15)27(25,26)22-10-7-14(23)8-11-22/h2-6,9,12,14,20,23H,7-8,10-11H2,1H3. The Morgan fingerprint density at radius 3 is 2.59 bits per heavy atom. The zero-order valence-electron chi connectivity index (χ0n) is 14.9. The molecule has 1 fully saturated rings. The van der Waals surface area contributed by atoms with Gasteiger partial charge >= 0.3 is 0 Å². The summed E-state index contributed by atoms with van der Waals surface area (Å²) in [6, 6.07) is 10.4. The number of piperidine rings is 1. The lowest BCUT2D eigenvalue weighted by Crippen LogP contribution is -2.40. The average Bonchev–Trinajstić information content (AvgIpc) is 3.14. The minimum Gasteiger partial charge on any atom is -0.393 e. The molecule has 1 aliphatic rings. The minimum atomic E-state index is -3.73. The molecule has 0 atom stereocenters. The Hall–Kier alpha value is -2.42. The number of hydrogen-bond donors (Lipinski definition) is 2. The quantitative estimate of drug-likeness (QED) is 0.715. The number of aromatic amines is 1. The molecular formula is C19H21N3O4S. The van der Waals surface area contributed by atoms with Crippen LogP contribution >= 0.6 is 0 Å². The number of nitrogens with zero attached hydrogens (tertiary/aromatic N) is 2. The van der Waals surface area contributed by atoms with Crippen molar-refractivity contribution in [1.29, 1.82) is 0 Å². The summed E-state index contributed by atoms with van der Waals surface area (Å²) >= 11 is 0. The van der Waals surface area contributed by atoms with Gasteiger partial charge in [-0.1, -0.05) is 18.2 Å². The van der Waals surface area contributed by atoms with E-state index in [0.29, 0.717) is 29.6 Å². The number of rotatable bonds is 3. The Balaban J connectivity index is 1.88. The van der Waals surface area contributed by atoms with Crippen LogP contribution < -0.4 is 5.56 Å². The van der Waals surface area contributed by atoms with E-state index in [4.69, 9.17) is 0 Å². The van der Waals surface area contributed by atoms with Crippen molar-refractivity contribution in [1.82, 2.24) is 13.9 Å². The molecule has 4 rings (SSSR count). The van der Waals surface area contributed by atoms with E-state index < -0.39 is 16.1 Å². The van der Waals surface area contributed by atoms with Gasteiger partial charge in [0, 0.05) is 37.3 Å². The molecule has 0 amide bonds. The van der Waals surface area contributed by atoms with Gasteiger partial charge in [0.15, 0.2) is 0 Å². The molecule has 2 aromatic heterocycles. The first-order valence-electron chi connectivity index (χ1n) is 8.84. The molecule has 3 heterocycles. The van der Waals surface area contributed by atoms with Crippen LogP contribution in [0.3, 0.4) is 0 Å². The van der Waals surface area contributed by atoms with Crippen LogP contribution in [-0.4, -0.2) is 46.6 Å². The number of pyridine rings is 1. The fourth-order valence-corrected chi connectivity index (χ4v) is 5.26. The molecule has 0 bridgehead atoms. The monoisotopic (exact) mass is 387 g/mol. The molecule has 0 unspecified atom stereocenters. The highest BCUT2D eigenvalue weighted by Gasteiger charge is 2.31. The number of aliphatic hydroxyl groups excluding tert-OH is 1. The van der Waals surface area contributed by atoms with Crippen LogP contribution in [0, 0.1) is 0 Å². The lowest BCUT2D eigenvalue weighted by Gasteiger charge is -2.29. The Labute approximate surface area is 156 Å². The lowest BCUT2D eigenvalue weighted by atomic mass is 10.1. The average molecular weight is 387 g/mol. The number of aromatic nitrogens is 2. The van der Waals surface area contributed by atoms with E-state index in [-0.39, 0.29) is 23.5 Å². The van der Waals surface area contributed by atoms with Gasteiger partial charge in [-0.3, -0.25) is 4.79 Å². The van der Waals surface area contributed by atoms with Crippen molar-refractivity contribution >= 4 is 20.9 Å². The van der Waals surface area contributed by atoms with Crippen molar-refractivity contribution < 1.29 is 13.5 Å². The van der Waals surface area contributed by atoms with Gasteiger partial charge in [-0.25, -0.2) is 8.42 Å². The van der Waals surface area contributed by atoms with Crippen LogP contribution in [0.2, 0.25) is 0 Å². The maximum absolute atomic E-state index is 13.2. The van der Waals surface area contributed by atoms with Crippen LogP contribution in [0.4, 0.5) is 0 Å². The largest absolute Gasteiger partial charge is 0.393 e. The van der Waals surface area contributed by atoms with Crippen LogP contribution in [0.1, 0.15) is 12.8 Å². The van der Waals surface area contributed by atoms with Crippen molar-refractivity contribution in [3.63, 3.8) is 0 Å². The van der Waals surface area contributed by atoms with Crippen LogP contribution in [-0.2, 0) is 17.1 Å². The molecule has 0 saturated carbocycles.